The lowest BCUT2D eigenvalue weighted by molar-refractivity contribution is -0.135. The van der Waals surface area contributed by atoms with Crippen molar-refractivity contribution < 1.29 is 9.53 Å². The molecule has 1 fully saturated rings. The van der Waals surface area contributed by atoms with Crippen LogP contribution < -0.4 is 9.64 Å². The molecule has 0 aliphatic carbocycles. The average Bonchev–Trinajstić information content (AvgIpc) is 2.89. The molecular weight excluding hydrogens is 298 g/mol. The maximum atomic E-state index is 12.3. The van der Waals surface area contributed by atoms with Crippen molar-refractivity contribution in [1.82, 2.24) is 9.88 Å². The topological polar surface area (TPSA) is 45.7 Å². The van der Waals surface area contributed by atoms with Gasteiger partial charge in [0.25, 0.3) is 0 Å². The number of hydrogen-bond donors (Lipinski definition) is 0. The molecule has 0 unspecified atom stereocenters. The average molecular weight is 319 g/mol. The molecule has 118 valence electrons. The highest BCUT2D eigenvalue weighted by Crippen LogP contribution is 2.34. The van der Waals surface area contributed by atoms with E-state index in [9.17, 15) is 4.79 Å². The first kappa shape index (κ1) is 15.1. The number of carbonyl (C=O) groups excluding carboxylic acids is 1. The molecule has 0 spiro atoms. The van der Waals surface area contributed by atoms with Crippen molar-refractivity contribution in [3.05, 3.63) is 18.2 Å². The molecule has 0 N–H and O–H groups in total. The number of rotatable bonds is 5. The molecule has 2 aromatic rings. The van der Waals surface area contributed by atoms with Gasteiger partial charge in [-0.15, -0.1) is 0 Å². The van der Waals surface area contributed by atoms with E-state index in [1.165, 1.54) is 0 Å². The van der Waals surface area contributed by atoms with Crippen LogP contribution in [-0.4, -0.2) is 49.1 Å². The number of benzene rings is 1. The molecule has 6 heteroatoms. The second-order valence-electron chi connectivity index (χ2n) is 5.44. The molecule has 3 rings (SSSR count). The zero-order chi connectivity index (χ0) is 15.7. The normalized spacial score (nSPS) is 15.0. The Morgan fingerprint density at radius 2 is 2.14 bits per heavy atom. The van der Waals surface area contributed by atoms with Gasteiger partial charge < -0.3 is 14.5 Å². The smallest absolute Gasteiger partial charge is 0.229 e. The lowest BCUT2D eigenvalue weighted by Crippen LogP contribution is -2.54. The minimum atomic E-state index is 0.112. The van der Waals surface area contributed by atoms with Gasteiger partial charge in [0.15, 0.2) is 5.13 Å². The second kappa shape index (κ2) is 6.12. The Balaban J connectivity index is 1.69. The molecule has 0 bridgehead atoms. The summed E-state index contributed by atoms with van der Waals surface area (Å²) in [6.45, 7) is 7.16. The van der Waals surface area contributed by atoms with E-state index in [-0.39, 0.29) is 11.8 Å². The zero-order valence-corrected chi connectivity index (χ0v) is 14.0. The fraction of sp³-hybridized carbons (Fsp3) is 0.500. The van der Waals surface area contributed by atoms with E-state index in [1.807, 2.05) is 36.9 Å². The molecule has 2 heterocycles. The number of fused-ring (bicyclic) bond motifs is 1. The van der Waals surface area contributed by atoms with Crippen LogP contribution in [0.3, 0.4) is 0 Å². The van der Waals surface area contributed by atoms with Crippen molar-refractivity contribution in [3.63, 3.8) is 0 Å². The van der Waals surface area contributed by atoms with Gasteiger partial charge in [0.1, 0.15) is 5.75 Å². The maximum absolute atomic E-state index is 12.3. The molecule has 0 saturated carbocycles. The van der Waals surface area contributed by atoms with E-state index in [0.717, 1.165) is 47.3 Å². The summed E-state index contributed by atoms with van der Waals surface area (Å²) in [5, 5.41) is 0.992. The van der Waals surface area contributed by atoms with Crippen molar-refractivity contribution in [3.8, 4) is 5.75 Å². The Morgan fingerprint density at radius 3 is 2.77 bits per heavy atom. The van der Waals surface area contributed by atoms with E-state index < -0.39 is 0 Å². The first-order chi connectivity index (χ1) is 10.7. The number of carbonyl (C=O) groups is 1. The van der Waals surface area contributed by atoms with Gasteiger partial charge in [0, 0.05) is 26.2 Å². The van der Waals surface area contributed by atoms with Crippen molar-refractivity contribution in [2.75, 3.05) is 38.2 Å². The summed E-state index contributed by atoms with van der Waals surface area (Å²) in [5.74, 6) is 1.23. The summed E-state index contributed by atoms with van der Waals surface area (Å²) in [7, 11) is 1.67. The lowest BCUT2D eigenvalue weighted by Gasteiger charge is -2.40. The minimum absolute atomic E-state index is 0.112. The number of methoxy groups -OCH3 is 1. The van der Waals surface area contributed by atoms with Crippen LogP contribution >= 0.6 is 11.3 Å². The Bertz CT molecular complexity index is 675. The predicted octanol–water partition coefficient (Wildman–Crippen LogP) is 2.61. The van der Waals surface area contributed by atoms with Gasteiger partial charge in [-0.05, 0) is 32.0 Å². The van der Waals surface area contributed by atoms with Crippen LogP contribution in [0, 0.1) is 5.92 Å². The number of hydrogen-bond acceptors (Lipinski definition) is 5. The third-order valence-electron chi connectivity index (χ3n) is 4.16. The highest BCUT2D eigenvalue weighted by Gasteiger charge is 2.36. The minimum Gasteiger partial charge on any atom is -0.497 e. The summed E-state index contributed by atoms with van der Waals surface area (Å²) < 4.78 is 6.37. The molecule has 1 amide bonds. The molecule has 1 saturated heterocycles. The van der Waals surface area contributed by atoms with E-state index in [1.54, 1.807) is 18.4 Å². The van der Waals surface area contributed by atoms with E-state index in [0.29, 0.717) is 0 Å². The summed E-state index contributed by atoms with van der Waals surface area (Å²) in [6, 6.07) is 5.91. The van der Waals surface area contributed by atoms with Gasteiger partial charge in [-0.2, -0.15) is 0 Å². The fourth-order valence-electron chi connectivity index (χ4n) is 2.74. The SMILES string of the molecule is CCN(CC)C(=O)C1CN(c2nc3ccc(OC)cc3s2)C1. The van der Waals surface area contributed by atoms with Gasteiger partial charge >= 0.3 is 0 Å². The molecule has 5 nitrogen and oxygen atoms in total. The molecule has 1 aliphatic heterocycles. The number of aromatic nitrogens is 1. The highest BCUT2D eigenvalue weighted by atomic mass is 32.1. The van der Waals surface area contributed by atoms with Gasteiger partial charge in [0.2, 0.25) is 5.91 Å². The van der Waals surface area contributed by atoms with Gasteiger partial charge in [0.05, 0.1) is 23.2 Å². The van der Waals surface area contributed by atoms with Crippen LogP contribution in [0.4, 0.5) is 5.13 Å². The van der Waals surface area contributed by atoms with E-state index in [2.05, 4.69) is 9.88 Å². The zero-order valence-electron chi connectivity index (χ0n) is 13.2. The molecule has 1 aliphatic rings. The number of amides is 1. The number of thiazole rings is 1. The van der Waals surface area contributed by atoms with E-state index >= 15 is 0 Å². The van der Waals surface area contributed by atoms with Crippen LogP contribution in [0.15, 0.2) is 18.2 Å². The standard InChI is InChI=1S/C16H21N3O2S/c1-4-18(5-2)15(20)11-9-19(10-11)16-17-13-7-6-12(21-3)8-14(13)22-16/h6-8,11H,4-5,9-10H2,1-3H3. The van der Waals surface area contributed by atoms with Crippen molar-refractivity contribution >= 4 is 32.6 Å². The Morgan fingerprint density at radius 1 is 1.41 bits per heavy atom. The van der Waals surface area contributed by atoms with Gasteiger partial charge in [-0.25, -0.2) is 4.98 Å². The summed E-state index contributed by atoms with van der Waals surface area (Å²) >= 11 is 1.65. The third kappa shape index (κ3) is 2.63. The van der Waals surface area contributed by atoms with Crippen molar-refractivity contribution in [1.29, 1.82) is 0 Å². The lowest BCUT2D eigenvalue weighted by atomic mass is 9.99. The molecule has 0 radical (unpaired) electrons. The molecule has 0 atom stereocenters. The Kier molecular flexibility index (Phi) is 4.20. The summed E-state index contributed by atoms with van der Waals surface area (Å²) in [4.78, 5) is 21.0. The summed E-state index contributed by atoms with van der Waals surface area (Å²) in [6.07, 6.45) is 0. The van der Waals surface area contributed by atoms with Gasteiger partial charge in [-0.1, -0.05) is 11.3 Å². The van der Waals surface area contributed by atoms with Crippen LogP contribution in [0.25, 0.3) is 10.2 Å². The molecule has 22 heavy (non-hydrogen) atoms. The van der Waals surface area contributed by atoms with Crippen molar-refractivity contribution in [2.24, 2.45) is 5.92 Å². The first-order valence-electron chi connectivity index (χ1n) is 7.64. The monoisotopic (exact) mass is 319 g/mol. The predicted molar refractivity (Wildman–Crippen MR) is 89.8 cm³/mol. The van der Waals surface area contributed by atoms with Crippen LogP contribution in [-0.2, 0) is 4.79 Å². The van der Waals surface area contributed by atoms with Crippen LogP contribution in [0.2, 0.25) is 0 Å². The third-order valence-corrected chi connectivity index (χ3v) is 5.24. The van der Waals surface area contributed by atoms with Crippen LogP contribution in [0.5, 0.6) is 5.75 Å². The first-order valence-corrected chi connectivity index (χ1v) is 8.46. The van der Waals surface area contributed by atoms with E-state index in [4.69, 9.17) is 4.74 Å². The number of ether oxygens (including phenoxy) is 1. The molecule has 1 aromatic heterocycles. The quantitative estimate of drug-likeness (QED) is 0.850. The van der Waals surface area contributed by atoms with Crippen LogP contribution in [0.1, 0.15) is 13.8 Å². The van der Waals surface area contributed by atoms with Crippen molar-refractivity contribution in [2.45, 2.75) is 13.8 Å². The molecule has 1 aromatic carbocycles. The maximum Gasteiger partial charge on any atom is 0.229 e. The number of nitrogens with zero attached hydrogens (tertiary/aromatic N) is 3. The second-order valence-corrected chi connectivity index (χ2v) is 6.45. The number of anilines is 1. The largest absolute Gasteiger partial charge is 0.497 e. The molecular formula is C16H21N3O2S. The Hall–Kier alpha value is -1.82. The fourth-order valence-corrected chi connectivity index (χ4v) is 3.75. The summed E-state index contributed by atoms with van der Waals surface area (Å²) in [5.41, 5.74) is 0.985. The highest BCUT2D eigenvalue weighted by molar-refractivity contribution is 7.22. The Labute approximate surface area is 134 Å². The van der Waals surface area contributed by atoms with Gasteiger partial charge in [-0.3, -0.25) is 4.79 Å².